The van der Waals surface area contributed by atoms with Crippen molar-refractivity contribution >= 4 is 11.9 Å². The van der Waals surface area contributed by atoms with E-state index in [0.717, 1.165) is 6.42 Å². The van der Waals surface area contributed by atoms with Crippen LogP contribution in [0.25, 0.3) is 0 Å². The van der Waals surface area contributed by atoms with E-state index in [4.69, 9.17) is 9.47 Å². The molecule has 0 fully saturated rings. The molecule has 23 heavy (non-hydrogen) atoms. The molecule has 1 amide bonds. The standard InChI is InChI=1S/C18H28N2O3/c1-13(2)9-10-19-18(23-12-14(3)4)20-17(21)15-7-6-8-16(11-15)22-5/h6-8,11,13-14H,9-10,12H2,1-5H3,(H,19,20,21). The Kier molecular flexibility index (Phi) is 8.16. The second kappa shape index (κ2) is 9.87. The van der Waals surface area contributed by atoms with Gasteiger partial charge in [0.25, 0.3) is 11.9 Å². The molecule has 0 radical (unpaired) electrons. The van der Waals surface area contributed by atoms with E-state index in [0.29, 0.717) is 36.3 Å². The van der Waals surface area contributed by atoms with E-state index in [1.165, 1.54) is 0 Å². The molecule has 0 aliphatic carbocycles. The van der Waals surface area contributed by atoms with Gasteiger partial charge in [0, 0.05) is 12.1 Å². The zero-order chi connectivity index (χ0) is 17.2. The Labute approximate surface area is 139 Å². The van der Waals surface area contributed by atoms with Crippen LogP contribution in [-0.4, -0.2) is 32.2 Å². The predicted octanol–water partition coefficient (Wildman–Crippen LogP) is 3.50. The third kappa shape index (κ3) is 7.68. The van der Waals surface area contributed by atoms with E-state index in [2.05, 4.69) is 38.0 Å². The molecule has 1 N–H and O–H groups in total. The van der Waals surface area contributed by atoms with Crippen molar-refractivity contribution in [2.45, 2.75) is 34.1 Å². The van der Waals surface area contributed by atoms with Gasteiger partial charge in [-0.25, -0.2) is 4.99 Å². The summed E-state index contributed by atoms with van der Waals surface area (Å²) in [5.74, 6) is 1.30. The normalized spacial score (nSPS) is 11.7. The van der Waals surface area contributed by atoms with Gasteiger partial charge >= 0.3 is 0 Å². The zero-order valence-electron chi connectivity index (χ0n) is 14.8. The topological polar surface area (TPSA) is 59.9 Å². The maximum absolute atomic E-state index is 12.3. The van der Waals surface area contributed by atoms with Crippen molar-refractivity contribution < 1.29 is 14.3 Å². The van der Waals surface area contributed by atoms with Crippen LogP contribution in [0.4, 0.5) is 0 Å². The second-order valence-corrected chi connectivity index (χ2v) is 6.26. The highest BCUT2D eigenvalue weighted by atomic mass is 16.5. The lowest BCUT2D eigenvalue weighted by molar-refractivity contribution is 0.0963. The number of hydrogen-bond donors (Lipinski definition) is 1. The Morgan fingerprint density at radius 1 is 1.22 bits per heavy atom. The summed E-state index contributed by atoms with van der Waals surface area (Å²) in [7, 11) is 1.57. The molecule has 0 aromatic heterocycles. The van der Waals surface area contributed by atoms with Crippen molar-refractivity contribution in [2.24, 2.45) is 16.8 Å². The summed E-state index contributed by atoms with van der Waals surface area (Å²) in [5.41, 5.74) is 0.508. The van der Waals surface area contributed by atoms with Gasteiger partial charge in [-0.1, -0.05) is 33.8 Å². The van der Waals surface area contributed by atoms with Crippen LogP contribution in [0.2, 0.25) is 0 Å². The van der Waals surface area contributed by atoms with Crippen LogP contribution in [0, 0.1) is 11.8 Å². The summed E-state index contributed by atoms with van der Waals surface area (Å²) in [6.07, 6.45) is 0.948. The van der Waals surface area contributed by atoms with E-state index in [1.54, 1.807) is 31.4 Å². The van der Waals surface area contributed by atoms with Gasteiger partial charge in [0.2, 0.25) is 0 Å². The molecule has 0 bridgehead atoms. The predicted molar refractivity (Wildman–Crippen MR) is 93.0 cm³/mol. The van der Waals surface area contributed by atoms with Gasteiger partial charge in [-0.15, -0.1) is 0 Å². The van der Waals surface area contributed by atoms with Crippen LogP contribution in [0.1, 0.15) is 44.5 Å². The first-order chi connectivity index (χ1) is 10.9. The van der Waals surface area contributed by atoms with Crippen LogP contribution in [0.15, 0.2) is 29.3 Å². The number of nitrogens with zero attached hydrogens (tertiary/aromatic N) is 1. The first kappa shape index (κ1) is 19.0. The largest absolute Gasteiger partial charge is 0.497 e. The first-order valence-electron chi connectivity index (χ1n) is 8.05. The van der Waals surface area contributed by atoms with Gasteiger partial charge in [-0.05, 0) is 36.5 Å². The highest BCUT2D eigenvalue weighted by Crippen LogP contribution is 2.12. The molecule has 0 heterocycles. The fourth-order valence-electron chi connectivity index (χ4n) is 1.72. The summed E-state index contributed by atoms with van der Waals surface area (Å²) in [5, 5.41) is 2.75. The van der Waals surface area contributed by atoms with Gasteiger partial charge < -0.3 is 9.47 Å². The van der Waals surface area contributed by atoms with E-state index >= 15 is 0 Å². The fraction of sp³-hybridized carbons (Fsp3) is 0.556. The van der Waals surface area contributed by atoms with Crippen LogP contribution in [0.5, 0.6) is 5.75 Å². The van der Waals surface area contributed by atoms with Gasteiger partial charge in [-0.2, -0.15) is 0 Å². The average Bonchev–Trinajstić information content (AvgIpc) is 2.51. The molecule has 1 aromatic carbocycles. The molecular formula is C18H28N2O3. The summed E-state index contributed by atoms with van der Waals surface area (Å²) in [4.78, 5) is 16.7. The van der Waals surface area contributed by atoms with Crippen molar-refractivity contribution in [3.8, 4) is 5.75 Å². The number of benzene rings is 1. The van der Waals surface area contributed by atoms with Crippen molar-refractivity contribution in [1.82, 2.24) is 5.32 Å². The number of carbonyl (C=O) groups excluding carboxylic acids is 1. The van der Waals surface area contributed by atoms with Gasteiger partial charge in [0.05, 0.1) is 13.7 Å². The smallest absolute Gasteiger partial charge is 0.291 e. The summed E-state index contributed by atoms with van der Waals surface area (Å²) >= 11 is 0. The van der Waals surface area contributed by atoms with Crippen molar-refractivity contribution in [3.63, 3.8) is 0 Å². The molecule has 1 aromatic rings. The molecule has 0 saturated heterocycles. The number of methoxy groups -OCH3 is 1. The zero-order valence-corrected chi connectivity index (χ0v) is 14.8. The molecule has 1 rings (SSSR count). The molecule has 0 aliphatic heterocycles. The molecule has 5 nitrogen and oxygen atoms in total. The number of hydrogen-bond acceptors (Lipinski definition) is 4. The molecule has 0 saturated carbocycles. The van der Waals surface area contributed by atoms with Crippen molar-refractivity contribution in [3.05, 3.63) is 29.8 Å². The van der Waals surface area contributed by atoms with Gasteiger partial charge in [0.1, 0.15) is 5.75 Å². The molecule has 0 unspecified atom stereocenters. The summed E-state index contributed by atoms with van der Waals surface area (Å²) in [6.45, 7) is 9.52. The minimum atomic E-state index is -0.254. The van der Waals surface area contributed by atoms with Gasteiger partial charge in [0.15, 0.2) is 0 Å². The molecule has 0 atom stereocenters. The summed E-state index contributed by atoms with van der Waals surface area (Å²) in [6, 6.07) is 7.27. The number of aliphatic imine (C=N–C) groups is 1. The Hall–Kier alpha value is -2.04. The highest BCUT2D eigenvalue weighted by molar-refractivity contribution is 6.04. The van der Waals surface area contributed by atoms with Gasteiger partial charge in [-0.3, -0.25) is 10.1 Å². The Morgan fingerprint density at radius 2 is 1.96 bits per heavy atom. The minimum Gasteiger partial charge on any atom is -0.497 e. The molecule has 0 spiro atoms. The Bertz CT molecular complexity index is 525. The lowest BCUT2D eigenvalue weighted by Gasteiger charge is -2.13. The number of nitrogens with one attached hydrogen (secondary N) is 1. The highest BCUT2D eigenvalue weighted by Gasteiger charge is 2.11. The van der Waals surface area contributed by atoms with E-state index in [-0.39, 0.29) is 11.9 Å². The fourth-order valence-corrected chi connectivity index (χ4v) is 1.72. The van der Waals surface area contributed by atoms with E-state index < -0.39 is 0 Å². The lowest BCUT2D eigenvalue weighted by atomic mass is 10.1. The molecule has 5 heteroatoms. The Morgan fingerprint density at radius 3 is 2.57 bits per heavy atom. The van der Waals surface area contributed by atoms with Crippen LogP contribution in [-0.2, 0) is 4.74 Å². The number of carbonyl (C=O) groups is 1. The quantitative estimate of drug-likeness (QED) is 0.618. The van der Waals surface area contributed by atoms with E-state index in [9.17, 15) is 4.79 Å². The maximum atomic E-state index is 12.3. The Balaban J connectivity index is 2.75. The first-order valence-corrected chi connectivity index (χ1v) is 8.05. The number of amides is 1. The second-order valence-electron chi connectivity index (χ2n) is 6.26. The molecule has 0 aliphatic rings. The van der Waals surface area contributed by atoms with Crippen molar-refractivity contribution in [1.29, 1.82) is 0 Å². The average molecular weight is 320 g/mol. The maximum Gasteiger partial charge on any atom is 0.291 e. The van der Waals surface area contributed by atoms with Crippen molar-refractivity contribution in [2.75, 3.05) is 20.3 Å². The van der Waals surface area contributed by atoms with Crippen LogP contribution in [0.3, 0.4) is 0 Å². The monoisotopic (exact) mass is 320 g/mol. The van der Waals surface area contributed by atoms with Crippen LogP contribution < -0.4 is 10.1 Å². The third-order valence-electron chi connectivity index (χ3n) is 3.07. The minimum absolute atomic E-state index is 0.254. The number of rotatable bonds is 7. The summed E-state index contributed by atoms with van der Waals surface area (Å²) < 4.78 is 10.8. The van der Waals surface area contributed by atoms with Crippen LogP contribution >= 0.6 is 0 Å². The third-order valence-corrected chi connectivity index (χ3v) is 3.07. The number of amidine groups is 1. The molecular weight excluding hydrogens is 292 g/mol. The number of ether oxygens (including phenoxy) is 2. The van der Waals surface area contributed by atoms with E-state index in [1.807, 2.05) is 0 Å². The molecule has 128 valence electrons. The lowest BCUT2D eigenvalue weighted by Crippen LogP contribution is -2.33. The SMILES string of the molecule is COc1cccc(C(=O)NC(=NCCC(C)C)OCC(C)C)c1.